The highest BCUT2D eigenvalue weighted by Crippen LogP contribution is 2.35. The highest BCUT2D eigenvalue weighted by atomic mass is 16.5. The molecule has 4 rings (SSSR count). The molecule has 0 fully saturated rings. The van der Waals surface area contributed by atoms with Gasteiger partial charge in [-0.15, -0.1) is 5.11 Å². The maximum atomic E-state index is 13.0. The minimum Gasteiger partial charge on any atom is -0.494 e. The fourth-order valence-electron chi connectivity index (χ4n) is 5.47. The number of benzene rings is 4. The largest absolute Gasteiger partial charge is 0.494 e. The standard InChI is InChI=1S/C41H52N2O4/c1-3-5-7-8-9-10-11-12-13-14-15-18-32-46-35-25-21-33(22-26-35)41(44)47-40-30-29-39(37-19-16-17-20-38(37)40)43-42-34-23-27-36(28-24-34)45-31-6-4-2/h16-17,19-30H,3-15,18,31-32H2,1-2H3. The van der Waals surface area contributed by atoms with Crippen LogP contribution >= 0.6 is 0 Å². The van der Waals surface area contributed by atoms with Crippen LogP contribution in [0.25, 0.3) is 10.8 Å². The van der Waals surface area contributed by atoms with Crippen molar-refractivity contribution in [2.45, 2.75) is 104 Å². The molecule has 0 atom stereocenters. The Bertz CT molecular complexity index is 1500. The van der Waals surface area contributed by atoms with Gasteiger partial charge in [0.2, 0.25) is 0 Å². The summed E-state index contributed by atoms with van der Waals surface area (Å²) in [6.45, 7) is 5.81. The van der Waals surface area contributed by atoms with Gasteiger partial charge in [0.25, 0.3) is 0 Å². The molecule has 0 aliphatic rings. The third-order valence-corrected chi connectivity index (χ3v) is 8.30. The number of ether oxygens (including phenoxy) is 3. The predicted octanol–water partition coefficient (Wildman–Crippen LogP) is 12.7. The molecule has 0 amide bonds. The Hall–Kier alpha value is -4.19. The fraction of sp³-hybridized carbons (Fsp3) is 0.439. The number of carbonyl (C=O) groups excluding carboxylic acids is 1. The molecule has 0 saturated heterocycles. The summed E-state index contributed by atoms with van der Waals surface area (Å²) in [6.07, 6.45) is 18.0. The van der Waals surface area contributed by atoms with E-state index >= 15 is 0 Å². The summed E-state index contributed by atoms with van der Waals surface area (Å²) in [7, 11) is 0. The summed E-state index contributed by atoms with van der Waals surface area (Å²) < 4.78 is 17.5. The molecule has 0 radical (unpaired) electrons. The number of azo groups is 1. The van der Waals surface area contributed by atoms with Gasteiger partial charge in [-0.2, -0.15) is 5.11 Å². The van der Waals surface area contributed by atoms with E-state index in [2.05, 4.69) is 24.1 Å². The molecule has 0 aromatic heterocycles. The third-order valence-electron chi connectivity index (χ3n) is 8.30. The second-order valence-corrected chi connectivity index (χ2v) is 12.2. The zero-order chi connectivity index (χ0) is 32.9. The number of unbranched alkanes of at least 4 members (excludes halogenated alkanes) is 12. The second kappa shape index (κ2) is 20.8. The lowest BCUT2D eigenvalue weighted by Gasteiger charge is -2.10. The second-order valence-electron chi connectivity index (χ2n) is 12.2. The maximum absolute atomic E-state index is 13.0. The van der Waals surface area contributed by atoms with E-state index in [0.29, 0.717) is 30.2 Å². The lowest BCUT2D eigenvalue weighted by molar-refractivity contribution is 0.0737. The van der Waals surface area contributed by atoms with Crippen molar-refractivity contribution in [1.82, 2.24) is 0 Å². The zero-order valence-electron chi connectivity index (χ0n) is 28.4. The summed E-state index contributed by atoms with van der Waals surface area (Å²) in [5.74, 6) is 1.65. The van der Waals surface area contributed by atoms with Crippen LogP contribution in [0.15, 0.2) is 95.2 Å². The fourth-order valence-corrected chi connectivity index (χ4v) is 5.47. The monoisotopic (exact) mass is 636 g/mol. The van der Waals surface area contributed by atoms with Crippen LogP contribution in [0, 0.1) is 0 Å². The Morgan fingerprint density at radius 2 is 1.06 bits per heavy atom. The van der Waals surface area contributed by atoms with Crippen molar-refractivity contribution in [1.29, 1.82) is 0 Å². The maximum Gasteiger partial charge on any atom is 0.343 e. The Morgan fingerprint density at radius 1 is 0.532 bits per heavy atom. The Kier molecular flexibility index (Phi) is 15.8. The van der Waals surface area contributed by atoms with Gasteiger partial charge >= 0.3 is 5.97 Å². The van der Waals surface area contributed by atoms with Crippen molar-refractivity contribution in [2.75, 3.05) is 13.2 Å². The molecule has 6 heteroatoms. The Balaban J connectivity index is 1.21. The quantitative estimate of drug-likeness (QED) is 0.0372. The third kappa shape index (κ3) is 12.5. The molecule has 0 bridgehead atoms. The van der Waals surface area contributed by atoms with Gasteiger partial charge < -0.3 is 14.2 Å². The molecule has 0 unspecified atom stereocenters. The van der Waals surface area contributed by atoms with Gasteiger partial charge in [0.15, 0.2) is 0 Å². The van der Waals surface area contributed by atoms with Crippen LogP contribution < -0.4 is 14.2 Å². The summed E-state index contributed by atoms with van der Waals surface area (Å²) in [5, 5.41) is 10.6. The van der Waals surface area contributed by atoms with E-state index in [-0.39, 0.29) is 0 Å². The molecule has 0 aliphatic carbocycles. The summed E-state index contributed by atoms with van der Waals surface area (Å²) >= 11 is 0. The number of esters is 1. The normalized spacial score (nSPS) is 11.3. The highest BCUT2D eigenvalue weighted by Gasteiger charge is 2.13. The number of hydrogen-bond donors (Lipinski definition) is 0. The first kappa shape index (κ1) is 35.7. The molecule has 4 aromatic carbocycles. The molecular weight excluding hydrogens is 584 g/mol. The summed E-state index contributed by atoms with van der Waals surface area (Å²) in [6, 6.07) is 26.1. The molecule has 0 aliphatic heterocycles. The molecule has 0 heterocycles. The Labute approximate surface area is 281 Å². The minimum absolute atomic E-state index is 0.418. The van der Waals surface area contributed by atoms with Gasteiger partial charge in [-0.25, -0.2) is 4.79 Å². The number of fused-ring (bicyclic) bond motifs is 1. The van der Waals surface area contributed by atoms with Crippen LogP contribution in [0.5, 0.6) is 17.2 Å². The molecule has 0 spiro atoms. The van der Waals surface area contributed by atoms with E-state index in [1.807, 2.05) is 66.7 Å². The minimum atomic E-state index is -0.418. The van der Waals surface area contributed by atoms with Crippen LogP contribution in [0.4, 0.5) is 11.4 Å². The van der Waals surface area contributed by atoms with Crippen LogP contribution in [0.1, 0.15) is 114 Å². The van der Waals surface area contributed by atoms with Crippen molar-refractivity contribution < 1.29 is 19.0 Å². The molecule has 250 valence electrons. The van der Waals surface area contributed by atoms with Gasteiger partial charge in [0.05, 0.1) is 30.2 Å². The van der Waals surface area contributed by atoms with Gasteiger partial charge in [-0.1, -0.05) is 115 Å². The summed E-state index contributed by atoms with van der Waals surface area (Å²) in [5.41, 5.74) is 1.89. The van der Waals surface area contributed by atoms with Crippen LogP contribution in [-0.2, 0) is 0 Å². The molecule has 47 heavy (non-hydrogen) atoms. The van der Waals surface area contributed by atoms with Gasteiger partial charge in [-0.3, -0.25) is 0 Å². The number of rotatable bonds is 22. The van der Waals surface area contributed by atoms with E-state index in [1.165, 1.54) is 70.6 Å². The highest BCUT2D eigenvalue weighted by molar-refractivity contribution is 5.99. The van der Waals surface area contributed by atoms with Crippen LogP contribution in [0.2, 0.25) is 0 Å². The molecule has 0 N–H and O–H groups in total. The number of nitrogens with zero attached hydrogens (tertiary/aromatic N) is 2. The Morgan fingerprint density at radius 3 is 1.68 bits per heavy atom. The average Bonchev–Trinajstić information content (AvgIpc) is 3.11. The smallest absolute Gasteiger partial charge is 0.343 e. The lowest BCUT2D eigenvalue weighted by atomic mass is 10.1. The van der Waals surface area contributed by atoms with Crippen molar-refractivity contribution in [3.63, 3.8) is 0 Å². The van der Waals surface area contributed by atoms with Gasteiger partial charge in [0.1, 0.15) is 17.2 Å². The molecule has 6 nitrogen and oxygen atoms in total. The van der Waals surface area contributed by atoms with Crippen molar-refractivity contribution in [2.24, 2.45) is 10.2 Å². The number of carbonyl (C=O) groups is 1. The zero-order valence-corrected chi connectivity index (χ0v) is 28.4. The van der Waals surface area contributed by atoms with E-state index in [1.54, 1.807) is 18.2 Å². The van der Waals surface area contributed by atoms with E-state index in [4.69, 9.17) is 14.2 Å². The van der Waals surface area contributed by atoms with Crippen LogP contribution in [-0.4, -0.2) is 19.2 Å². The van der Waals surface area contributed by atoms with Crippen molar-refractivity contribution >= 4 is 28.1 Å². The molecular formula is C41H52N2O4. The van der Waals surface area contributed by atoms with Gasteiger partial charge in [0, 0.05) is 10.8 Å². The van der Waals surface area contributed by atoms with Crippen molar-refractivity contribution in [3.05, 3.63) is 90.5 Å². The van der Waals surface area contributed by atoms with Crippen molar-refractivity contribution in [3.8, 4) is 17.2 Å². The summed E-state index contributed by atoms with van der Waals surface area (Å²) in [4.78, 5) is 13.0. The topological polar surface area (TPSA) is 69.5 Å². The SMILES string of the molecule is CCCCCCCCCCCCCCOc1ccc(C(=O)Oc2ccc(N=Nc3ccc(OCCCC)cc3)c3ccccc23)cc1. The van der Waals surface area contributed by atoms with Crippen LogP contribution in [0.3, 0.4) is 0 Å². The number of hydrogen-bond acceptors (Lipinski definition) is 6. The first-order valence-electron chi connectivity index (χ1n) is 17.8. The van der Waals surface area contributed by atoms with Gasteiger partial charge in [-0.05, 0) is 73.5 Å². The first-order valence-corrected chi connectivity index (χ1v) is 17.8. The first-order chi connectivity index (χ1) is 23.2. The average molecular weight is 637 g/mol. The lowest BCUT2D eigenvalue weighted by Crippen LogP contribution is -2.08. The predicted molar refractivity (Wildman–Crippen MR) is 193 cm³/mol. The van der Waals surface area contributed by atoms with E-state index < -0.39 is 5.97 Å². The van der Waals surface area contributed by atoms with E-state index in [0.717, 1.165) is 47.2 Å². The van der Waals surface area contributed by atoms with E-state index in [9.17, 15) is 4.79 Å². The molecule has 0 saturated carbocycles. The molecule has 4 aromatic rings.